The molecule has 0 aromatic carbocycles. The van der Waals surface area contributed by atoms with Crippen molar-refractivity contribution in [3.8, 4) is 0 Å². The van der Waals surface area contributed by atoms with Crippen LogP contribution in [0.1, 0.15) is 39.0 Å². The zero-order valence-corrected chi connectivity index (χ0v) is 12.9. The Balaban J connectivity index is 1.93. The average Bonchev–Trinajstić information content (AvgIpc) is 2.89. The summed E-state index contributed by atoms with van der Waals surface area (Å²) < 4.78 is 5.55. The van der Waals surface area contributed by atoms with Gasteiger partial charge in [0.1, 0.15) is 5.54 Å². The number of carbonyl (C=O) groups excluding carboxylic acids is 1. The molecule has 5 heteroatoms. The number of nitrogens with two attached hydrogens (primary N) is 1. The third-order valence-corrected chi connectivity index (χ3v) is 5.29. The molecule has 2 fully saturated rings. The number of hydrogen-bond acceptors (Lipinski definition) is 4. The first-order valence-corrected chi connectivity index (χ1v) is 7.94. The van der Waals surface area contributed by atoms with Crippen LogP contribution in [0.15, 0.2) is 0 Å². The second kappa shape index (κ2) is 6.87. The second-order valence-corrected chi connectivity index (χ2v) is 6.14. The Labute approximate surface area is 122 Å². The summed E-state index contributed by atoms with van der Waals surface area (Å²) in [6.07, 6.45) is 5.24. The lowest BCUT2D eigenvalue weighted by molar-refractivity contribution is -0.125. The molecule has 1 saturated carbocycles. The maximum absolute atomic E-state index is 11.9. The first-order chi connectivity index (χ1) is 9.64. The van der Waals surface area contributed by atoms with E-state index in [1.807, 2.05) is 7.05 Å². The maximum atomic E-state index is 11.9. The van der Waals surface area contributed by atoms with Crippen molar-refractivity contribution in [2.75, 3.05) is 33.4 Å². The number of nitrogens with one attached hydrogen (secondary N) is 1. The van der Waals surface area contributed by atoms with Crippen LogP contribution >= 0.6 is 0 Å². The minimum absolute atomic E-state index is 0.184. The van der Waals surface area contributed by atoms with Gasteiger partial charge in [0.25, 0.3) is 0 Å². The van der Waals surface area contributed by atoms with Crippen LogP contribution < -0.4 is 11.1 Å². The molecule has 2 aliphatic rings. The highest BCUT2D eigenvalue weighted by molar-refractivity contribution is 5.85. The van der Waals surface area contributed by atoms with E-state index in [9.17, 15) is 4.79 Å². The number of primary amides is 1. The van der Waals surface area contributed by atoms with Crippen molar-refractivity contribution in [1.29, 1.82) is 0 Å². The number of likely N-dealkylation sites (N-methyl/N-ethyl adjacent to an activating group) is 1. The Morgan fingerprint density at radius 1 is 1.55 bits per heavy atom. The van der Waals surface area contributed by atoms with Crippen molar-refractivity contribution in [2.45, 2.75) is 50.6 Å². The van der Waals surface area contributed by atoms with Crippen LogP contribution in [0.25, 0.3) is 0 Å². The zero-order valence-electron chi connectivity index (χ0n) is 12.9. The molecule has 2 rings (SSSR count). The molecule has 3 N–H and O–H groups in total. The SMILES string of the molecule is CCC1COCCN1CCC1CCCC1(NC)C(N)=O. The molecule has 5 nitrogen and oxygen atoms in total. The lowest BCUT2D eigenvalue weighted by Crippen LogP contribution is -2.57. The summed E-state index contributed by atoms with van der Waals surface area (Å²) in [5.41, 5.74) is 5.18. The van der Waals surface area contributed by atoms with Gasteiger partial charge in [0.2, 0.25) is 5.91 Å². The molecule has 116 valence electrons. The molecule has 1 heterocycles. The predicted molar refractivity (Wildman–Crippen MR) is 79.4 cm³/mol. The van der Waals surface area contributed by atoms with Crippen molar-refractivity contribution in [2.24, 2.45) is 11.7 Å². The third-order valence-electron chi connectivity index (χ3n) is 5.29. The summed E-state index contributed by atoms with van der Waals surface area (Å²) in [4.78, 5) is 14.4. The number of morpholine rings is 1. The molecule has 3 atom stereocenters. The molecule has 0 radical (unpaired) electrons. The van der Waals surface area contributed by atoms with Gasteiger partial charge in [-0.1, -0.05) is 13.3 Å². The van der Waals surface area contributed by atoms with E-state index < -0.39 is 5.54 Å². The van der Waals surface area contributed by atoms with E-state index in [0.717, 1.165) is 58.4 Å². The topological polar surface area (TPSA) is 67.6 Å². The first-order valence-electron chi connectivity index (χ1n) is 7.94. The van der Waals surface area contributed by atoms with E-state index in [2.05, 4.69) is 17.1 Å². The quantitative estimate of drug-likeness (QED) is 0.754. The lowest BCUT2D eigenvalue weighted by Gasteiger charge is -2.38. The summed E-state index contributed by atoms with van der Waals surface area (Å²) in [5, 5.41) is 3.22. The van der Waals surface area contributed by atoms with E-state index in [1.165, 1.54) is 0 Å². The zero-order chi connectivity index (χ0) is 14.6. The van der Waals surface area contributed by atoms with Crippen LogP contribution in [-0.2, 0) is 9.53 Å². The fraction of sp³-hybridized carbons (Fsp3) is 0.933. The van der Waals surface area contributed by atoms with Crippen molar-refractivity contribution < 1.29 is 9.53 Å². The smallest absolute Gasteiger partial charge is 0.238 e. The summed E-state index contributed by atoms with van der Waals surface area (Å²) in [5.74, 6) is 0.182. The molecule has 0 spiro atoms. The van der Waals surface area contributed by atoms with E-state index in [4.69, 9.17) is 10.5 Å². The van der Waals surface area contributed by atoms with Gasteiger partial charge in [-0.2, -0.15) is 0 Å². The maximum Gasteiger partial charge on any atom is 0.238 e. The van der Waals surface area contributed by atoms with Gasteiger partial charge in [0, 0.05) is 12.6 Å². The van der Waals surface area contributed by atoms with Crippen molar-refractivity contribution in [1.82, 2.24) is 10.2 Å². The van der Waals surface area contributed by atoms with Gasteiger partial charge in [-0.25, -0.2) is 0 Å². The van der Waals surface area contributed by atoms with Crippen LogP contribution in [0, 0.1) is 5.92 Å². The molecular weight excluding hydrogens is 254 g/mol. The molecule has 1 aliphatic carbocycles. The minimum atomic E-state index is -0.478. The fourth-order valence-electron chi connectivity index (χ4n) is 3.93. The van der Waals surface area contributed by atoms with Gasteiger partial charge in [0.15, 0.2) is 0 Å². The highest BCUT2D eigenvalue weighted by Crippen LogP contribution is 2.37. The van der Waals surface area contributed by atoms with Crippen LogP contribution in [0.3, 0.4) is 0 Å². The Morgan fingerprint density at radius 2 is 2.35 bits per heavy atom. The molecule has 0 aromatic heterocycles. The largest absolute Gasteiger partial charge is 0.378 e. The molecule has 1 saturated heterocycles. The highest BCUT2D eigenvalue weighted by Gasteiger charge is 2.46. The van der Waals surface area contributed by atoms with Crippen molar-refractivity contribution in [3.63, 3.8) is 0 Å². The standard InChI is InChI=1S/C15H29N3O2/c1-3-13-11-20-10-9-18(13)8-6-12-5-4-7-15(12,17-2)14(16)19/h12-13,17H,3-11H2,1-2H3,(H2,16,19). The number of hydrogen-bond donors (Lipinski definition) is 2. The lowest BCUT2D eigenvalue weighted by atomic mass is 9.84. The Kier molecular flexibility index (Phi) is 5.41. The van der Waals surface area contributed by atoms with Gasteiger partial charge < -0.3 is 15.8 Å². The van der Waals surface area contributed by atoms with Crippen LogP contribution in [0.2, 0.25) is 0 Å². The van der Waals surface area contributed by atoms with Gasteiger partial charge in [-0.15, -0.1) is 0 Å². The van der Waals surface area contributed by atoms with Gasteiger partial charge in [-0.05, 0) is 45.2 Å². The molecule has 0 aromatic rings. The minimum Gasteiger partial charge on any atom is -0.378 e. The van der Waals surface area contributed by atoms with Gasteiger partial charge >= 0.3 is 0 Å². The second-order valence-electron chi connectivity index (χ2n) is 6.14. The molecule has 1 aliphatic heterocycles. The van der Waals surface area contributed by atoms with Crippen molar-refractivity contribution >= 4 is 5.91 Å². The number of carbonyl (C=O) groups is 1. The molecule has 3 unspecified atom stereocenters. The van der Waals surface area contributed by atoms with E-state index in [1.54, 1.807) is 0 Å². The summed E-state index contributed by atoms with van der Waals surface area (Å²) in [6, 6.07) is 0.530. The summed E-state index contributed by atoms with van der Waals surface area (Å²) >= 11 is 0. The molecular formula is C15H29N3O2. The van der Waals surface area contributed by atoms with Crippen LogP contribution in [0.4, 0.5) is 0 Å². The Bertz CT molecular complexity index is 337. The summed E-state index contributed by atoms with van der Waals surface area (Å²) in [7, 11) is 1.87. The van der Waals surface area contributed by atoms with Crippen LogP contribution in [-0.4, -0.2) is 55.7 Å². The third kappa shape index (κ3) is 3.00. The van der Waals surface area contributed by atoms with E-state index >= 15 is 0 Å². The monoisotopic (exact) mass is 283 g/mol. The Hall–Kier alpha value is -0.650. The first kappa shape index (κ1) is 15.7. The molecule has 0 bridgehead atoms. The fourth-order valence-corrected chi connectivity index (χ4v) is 3.93. The highest BCUT2D eigenvalue weighted by atomic mass is 16.5. The number of amides is 1. The summed E-state index contributed by atoms with van der Waals surface area (Å²) in [6.45, 7) is 5.93. The van der Waals surface area contributed by atoms with Crippen LogP contribution in [0.5, 0.6) is 0 Å². The molecule has 20 heavy (non-hydrogen) atoms. The normalized spacial score (nSPS) is 35.3. The number of rotatable bonds is 6. The molecule has 1 amide bonds. The van der Waals surface area contributed by atoms with E-state index in [-0.39, 0.29) is 5.91 Å². The number of nitrogens with zero attached hydrogens (tertiary/aromatic N) is 1. The van der Waals surface area contributed by atoms with E-state index in [0.29, 0.717) is 12.0 Å². The number of ether oxygens (including phenoxy) is 1. The Morgan fingerprint density at radius 3 is 3.00 bits per heavy atom. The van der Waals surface area contributed by atoms with Gasteiger partial charge in [0.05, 0.1) is 13.2 Å². The van der Waals surface area contributed by atoms with Crippen molar-refractivity contribution in [3.05, 3.63) is 0 Å². The predicted octanol–water partition coefficient (Wildman–Crippen LogP) is 0.731. The average molecular weight is 283 g/mol. The van der Waals surface area contributed by atoms with Gasteiger partial charge in [-0.3, -0.25) is 9.69 Å².